The first kappa shape index (κ1) is 14.6. The molecule has 2 unspecified atom stereocenters. The van der Waals surface area contributed by atoms with Gasteiger partial charge in [0.25, 0.3) is 0 Å². The molecule has 0 aliphatic rings. The van der Waals surface area contributed by atoms with E-state index >= 15 is 0 Å². The summed E-state index contributed by atoms with van der Waals surface area (Å²) in [5.41, 5.74) is 0.945. The van der Waals surface area contributed by atoms with Crippen LogP contribution in [0.25, 0.3) is 11.0 Å². The second-order valence-corrected chi connectivity index (χ2v) is 6.13. The number of hydrogen-bond acceptors (Lipinski definition) is 2. The van der Waals surface area contributed by atoms with Crippen molar-refractivity contribution in [1.82, 2.24) is 5.32 Å². The Hall–Kier alpha value is -0.800. The summed E-state index contributed by atoms with van der Waals surface area (Å²) in [6.07, 6.45) is 3.62. The summed E-state index contributed by atoms with van der Waals surface area (Å²) in [6, 6.07) is 8.60. The summed E-state index contributed by atoms with van der Waals surface area (Å²) < 4.78 is 7.04. The van der Waals surface area contributed by atoms with Crippen LogP contribution in [0.15, 0.2) is 33.2 Å². The zero-order valence-corrected chi connectivity index (χ0v) is 13.5. The second-order valence-electron chi connectivity index (χ2n) is 5.28. The maximum Gasteiger partial charge on any atom is 0.148 e. The quantitative estimate of drug-likeness (QED) is 0.782. The zero-order chi connectivity index (χ0) is 13.8. The Morgan fingerprint density at radius 2 is 2.16 bits per heavy atom. The highest BCUT2D eigenvalue weighted by Gasteiger charge is 2.18. The number of nitrogens with one attached hydrogen (secondary N) is 1. The fraction of sp³-hybridized carbons (Fsp3) is 0.500. The van der Waals surface area contributed by atoms with E-state index in [1.165, 1.54) is 12.8 Å². The number of rotatable bonds is 6. The minimum Gasteiger partial charge on any atom is -0.458 e. The minimum atomic E-state index is 0.292. The van der Waals surface area contributed by atoms with E-state index in [0.717, 1.165) is 27.6 Å². The van der Waals surface area contributed by atoms with E-state index in [1.54, 1.807) is 0 Å². The Bertz CT molecular complexity index is 535. The molecule has 0 amide bonds. The van der Waals surface area contributed by atoms with E-state index in [0.29, 0.717) is 12.0 Å². The number of fused-ring (bicyclic) bond motifs is 1. The van der Waals surface area contributed by atoms with E-state index in [-0.39, 0.29) is 0 Å². The van der Waals surface area contributed by atoms with Gasteiger partial charge in [-0.25, -0.2) is 0 Å². The molecule has 19 heavy (non-hydrogen) atoms. The van der Waals surface area contributed by atoms with Crippen molar-refractivity contribution in [1.29, 1.82) is 0 Å². The molecule has 1 heterocycles. The first-order valence-electron chi connectivity index (χ1n) is 7.01. The molecule has 0 fully saturated rings. The molecule has 0 saturated carbocycles. The zero-order valence-electron chi connectivity index (χ0n) is 11.9. The summed E-state index contributed by atoms with van der Waals surface area (Å²) in [4.78, 5) is 0. The molecule has 2 aromatic rings. The average Bonchev–Trinajstić information content (AvgIpc) is 2.81. The van der Waals surface area contributed by atoms with Crippen LogP contribution in [0.2, 0.25) is 0 Å². The van der Waals surface area contributed by atoms with Crippen LogP contribution in [-0.4, -0.2) is 7.05 Å². The van der Waals surface area contributed by atoms with Crippen LogP contribution in [0.5, 0.6) is 0 Å². The predicted octanol–water partition coefficient (Wildman–Crippen LogP) is 5.28. The summed E-state index contributed by atoms with van der Waals surface area (Å²) in [6.45, 7) is 4.55. The third-order valence-electron chi connectivity index (χ3n) is 3.63. The summed E-state index contributed by atoms with van der Waals surface area (Å²) in [7, 11) is 2.01. The first-order valence-corrected chi connectivity index (χ1v) is 7.80. The molecular formula is C16H22BrNO. The van der Waals surface area contributed by atoms with Gasteiger partial charge in [0.2, 0.25) is 0 Å². The van der Waals surface area contributed by atoms with Crippen molar-refractivity contribution in [2.75, 3.05) is 7.05 Å². The molecule has 0 saturated heterocycles. The van der Waals surface area contributed by atoms with Gasteiger partial charge in [0.05, 0.1) is 10.5 Å². The highest BCUT2D eigenvalue weighted by molar-refractivity contribution is 9.10. The lowest BCUT2D eigenvalue weighted by molar-refractivity contribution is 0.362. The van der Waals surface area contributed by atoms with Crippen molar-refractivity contribution in [3.05, 3.63) is 34.5 Å². The van der Waals surface area contributed by atoms with Gasteiger partial charge in [-0.1, -0.05) is 38.8 Å². The van der Waals surface area contributed by atoms with Gasteiger partial charge in [-0.05, 0) is 47.4 Å². The van der Waals surface area contributed by atoms with Crippen LogP contribution in [0, 0.1) is 5.92 Å². The van der Waals surface area contributed by atoms with Crippen LogP contribution in [0.4, 0.5) is 0 Å². The fourth-order valence-corrected chi connectivity index (χ4v) is 3.07. The monoisotopic (exact) mass is 323 g/mol. The lowest BCUT2D eigenvalue weighted by Crippen LogP contribution is -2.18. The normalized spacial score (nSPS) is 14.7. The minimum absolute atomic E-state index is 0.292. The number of hydrogen-bond donors (Lipinski definition) is 1. The third-order valence-corrected chi connectivity index (χ3v) is 4.25. The van der Waals surface area contributed by atoms with E-state index in [2.05, 4.69) is 47.2 Å². The Labute approximate surface area is 123 Å². The summed E-state index contributed by atoms with van der Waals surface area (Å²) in [5, 5.41) is 4.54. The van der Waals surface area contributed by atoms with Gasteiger partial charge in [0, 0.05) is 5.39 Å². The molecule has 0 spiro atoms. The second kappa shape index (κ2) is 6.58. The molecular weight excluding hydrogens is 302 g/mol. The van der Waals surface area contributed by atoms with Crippen molar-refractivity contribution in [2.45, 2.75) is 39.2 Å². The van der Waals surface area contributed by atoms with E-state index in [9.17, 15) is 0 Å². The van der Waals surface area contributed by atoms with Gasteiger partial charge in [0.1, 0.15) is 11.3 Å². The Morgan fingerprint density at radius 3 is 2.79 bits per heavy atom. The summed E-state index contributed by atoms with van der Waals surface area (Å²) in [5.74, 6) is 1.74. The molecule has 104 valence electrons. The van der Waals surface area contributed by atoms with Crippen LogP contribution in [-0.2, 0) is 0 Å². The lowest BCUT2D eigenvalue weighted by atomic mass is 9.96. The molecule has 2 atom stereocenters. The predicted molar refractivity (Wildman–Crippen MR) is 84.4 cm³/mol. The smallest absolute Gasteiger partial charge is 0.148 e. The van der Waals surface area contributed by atoms with Crippen molar-refractivity contribution >= 4 is 26.9 Å². The van der Waals surface area contributed by atoms with Gasteiger partial charge in [-0.3, -0.25) is 0 Å². The number of para-hydroxylation sites is 1. The van der Waals surface area contributed by atoms with Crippen LogP contribution < -0.4 is 5.32 Å². The topological polar surface area (TPSA) is 25.2 Å². The van der Waals surface area contributed by atoms with E-state index in [1.807, 2.05) is 19.2 Å². The Kier molecular flexibility index (Phi) is 5.06. The van der Waals surface area contributed by atoms with Crippen LogP contribution in [0.1, 0.15) is 44.9 Å². The maximum absolute atomic E-state index is 6.02. The van der Waals surface area contributed by atoms with E-state index < -0.39 is 0 Å². The first-order chi connectivity index (χ1) is 9.15. The lowest BCUT2D eigenvalue weighted by Gasteiger charge is -2.18. The van der Waals surface area contributed by atoms with Gasteiger partial charge in [0.15, 0.2) is 0 Å². The van der Waals surface area contributed by atoms with Crippen molar-refractivity contribution < 1.29 is 4.42 Å². The number of halogens is 1. The molecule has 1 N–H and O–H groups in total. The van der Waals surface area contributed by atoms with Gasteiger partial charge < -0.3 is 9.73 Å². The number of furan rings is 1. The maximum atomic E-state index is 6.02. The van der Waals surface area contributed by atoms with Crippen molar-refractivity contribution in [3.8, 4) is 0 Å². The molecule has 0 radical (unpaired) electrons. The van der Waals surface area contributed by atoms with Gasteiger partial charge >= 0.3 is 0 Å². The van der Waals surface area contributed by atoms with Crippen molar-refractivity contribution in [3.63, 3.8) is 0 Å². The molecule has 0 aliphatic heterocycles. The molecule has 1 aromatic carbocycles. The average molecular weight is 324 g/mol. The standard InChI is InChI=1S/C16H22BrNO/c1-4-6-11(2)9-14(18-3)15-10-12-7-5-8-13(17)16(12)19-15/h5,7-8,10-11,14,18H,4,6,9H2,1-3H3. The molecule has 1 aromatic heterocycles. The Balaban J connectivity index is 2.23. The highest BCUT2D eigenvalue weighted by Crippen LogP contribution is 2.32. The van der Waals surface area contributed by atoms with E-state index in [4.69, 9.17) is 4.42 Å². The molecule has 3 heteroatoms. The van der Waals surface area contributed by atoms with Crippen LogP contribution in [0.3, 0.4) is 0 Å². The molecule has 0 bridgehead atoms. The molecule has 2 nitrogen and oxygen atoms in total. The summed E-state index contributed by atoms with van der Waals surface area (Å²) >= 11 is 3.54. The molecule has 2 rings (SSSR count). The Morgan fingerprint density at radius 1 is 1.37 bits per heavy atom. The largest absolute Gasteiger partial charge is 0.458 e. The number of benzene rings is 1. The third kappa shape index (κ3) is 3.40. The fourth-order valence-electron chi connectivity index (χ4n) is 2.61. The molecule has 0 aliphatic carbocycles. The SMILES string of the molecule is CCCC(C)CC(NC)c1cc2cccc(Br)c2o1. The van der Waals surface area contributed by atoms with Crippen molar-refractivity contribution in [2.24, 2.45) is 5.92 Å². The van der Waals surface area contributed by atoms with Crippen LogP contribution >= 0.6 is 15.9 Å². The van der Waals surface area contributed by atoms with Gasteiger partial charge in [-0.2, -0.15) is 0 Å². The highest BCUT2D eigenvalue weighted by atomic mass is 79.9. The van der Waals surface area contributed by atoms with Gasteiger partial charge in [-0.15, -0.1) is 0 Å².